The Balaban J connectivity index is 1.39. The average Bonchev–Trinajstić information content (AvgIpc) is 3.17. The fourth-order valence-electron chi connectivity index (χ4n) is 3.60. The standard InChI is InChI=1S/C27H21BrClN3O7S/c1-2-38-20-9-5-18(6-10-20)30-24(33)14-31-26(34)23(40-27(31)35)13-17-11-21(28)25(22(29)12-17)39-15-16-3-7-19(8-4-16)32(36)37/h3-13H,2,14-15H2,1H3,(H,30,33)/b23-13+. The molecule has 1 heterocycles. The van der Waals surface area contributed by atoms with Crippen LogP contribution >= 0.6 is 39.3 Å². The number of nitro benzene ring substituents is 1. The van der Waals surface area contributed by atoms with Gasteiger partial charge in [-0.1, -0.05) is 11.6 Å². The van der Waals surface area contributed by atoms with Crippen LogP contribution in [0.4, 0.5) is 16.2 Å². The summed E-state index contributed by atoms with van der Waals surface area (Å²) in [5, 5.41) is 13.2. The molecule has 1 fully saturated rings. The summed E-state index contributed by atoms with van der Waals surface area (Å²) in [5.74, 6) is -0.112. The van der Waals surface area contributed by atoms with Gasteiger partial charge in [-0.25, -0.2) is 0 Å². The van der Waals surface area contributed by atoms with E-state index in [2.05, 4.69) is 21.2 Å². The van der Waals surface area contributed by atoms with Crippen LogP contribution in [0.2, 0.25) is 5.02 Å². The summed E-state index contributed by atoms with van der Waals surface area (Å²) < 4.78 is 11.7. The number of benzene rings is 3. The Bertz CT molecular complexity index is 1470. The molecule has 0 radical (unpaired) electrons. The van der Waals surface area contributed by atoms with Crippen LogP contribution < -0.4 is 14.8 Å². The number of anilines is 1. The van der Waals surface area contributed by atoms with Gasteiger partial charge in [-0.15, -0.1) is 0 Å². The quantitative estimate of drug-likeness (QED) is 0.147. The maximum Gasteiger partial charge on any atom is 0.294 e. The van der Waals surface area contributed by atoms with Gasteiger partial charge in [0.25, 0.3) is 16.8 Å². The second-order valence-electron chi connectivity index (χ2n) is 8.30. The van der Waals surface area contributed by atoms with Gasteiger partial charge < -0.3 is 14.8 Å². The Labute approximate surface area is 246 Å². The van der Waals surface area contributed by atoms with E-state index in [9.17, 15) is 24.5 Å². The van der Waals surface area contributed by atoms with Gasteiger partial charge in [-0.2, -0.15) is 0 Å². The van der Waals surface area contributed by atoms with Crippen molar-refractivity contribution in [2.24, 2.45) is 0 Å². The van der Waals surface area contributed by atoms with E-state index in [1.54, 1.807) is 48.5 Å². The van der Waals surface area contributed by atoms with Gasteiger partial charge in [0.15, 0.2) is 5.75 Å². The molecule has 0 aliphatic carbocycles. The Morgan fingerprint density at radius 2 is 1.82 bits per heavy atom. The first-order valence-corrected chi connectivity index (χ1v) is 13.8. The first-order valence-electron chi connectivity index (χ1n) is 11.8. The molecule has 40 heavy (non-hydrogen) atoms. The first-order chi connectivity index (χ1) is 19.1. The summed E-state index contributed by atoms with van der Waals surface area (Å²) in [7, 11) is 0. The van der Waals surface area contributed by atoms with E-state index in [0.717, 1.165) is 16.7 Å². The average molecular weight is 647 g/mol. The largest absolute Gasteiger partial charge is 0.494 e. The number of halogens is 2. The van der Waals surface area contributed by atoms with E-state index >= 15 is 0 Å². The van der Waals surface area contributed by atoms with Crippen LogP contribution in [-0.4, -0.2) is 40.0 Å². The van der Waals surface area contributed by atoms with Crippen molar-refractivity contribution in [1.82, 2.24) is 4.90 Å². The highest BCUT2D eigenvalue weighted by atomic mass is 79.9. The van der Waals surface area contributed by atoms with Crippen molar-refractivity contribution >= 4 is 73.8 Å². The van der Waals surface area contributed by atoms with Crippen LogP contribution in [0.3, 0.4) is 0 Å². The van der Waals surface area contributed by atoms with E-state index < -0.39 is 28.5 Å². The smallest absolute Gasteiger partial charge is 0.294 e. The highest BCUT2D eigenvalue weighted by Crippen LogP contribution is 2.38. The van der Waals surface area contributed by atoms with E-state index in [1.165, 1.54) is 18.2 Å². The number of imide groups is 1. The summed E-state index contributed by atoms with van der Waals surface area (Å²) in [6.45, 7) is 2.07. The first kappa shape index (κ1) is 29.1. The van der Waals surface area contributed by atoms with Gasteiger partial charge in [0.1, 0.15) is 18.9 Å². The number of rotatable bonds is 10. The zero-order chi connectivity index (χ0) is 28.8. The zero-order valence-corrected chi connectivity index (χ0v) is 24.0. The highest BCUT2D eigenvalue weighted by molar-refractivity contribution is 9.10. The molecule has 0 saturated carbocycles. The second-order valence-corrected chi connectivity index (χ2v) is 10.6. The molecule has 1 saturated heterocycles. The van der Waals surface area contributed by atoms with Crippen molar-refractivity contribution < 1.29 is 28.8 Å². The van der Waals surface area contributed by atoms with Crippen LogP contribution in [0.15, 0.2) is 70.0 Å². The number of hydrogen-bond donors (Lipinski definition) is 1. The SMILES string of the molecule is CCOc1ccc(NC(=O)CN2C(=O)S/C(=C/c3cc(Cl)c(OCc4ccc([N+](=O)[O-])cc4)c(Br)c3)C2=O)cc1. The van der Waals surface area contributed by atoms with Crippen molar-refractivity contribution in [3.63, 3.8) is 0 Å². The van der Waals surface area contributed by atoms with Gasteiger partial charge in [0.2, 0.25) is 5.91 Å². The predicted molar refractivity (Wildman–Crippen MR) is 155 cm³/mol. The molecule has 4 rings (SSSR count). The molecule has 10 nitrogen and oxygen atoms in total. The molecule has 206 valence electrons. The zero-order valence-electron chi connectivity index (χ0n) is 20.9. The molecule has 13 heteroatoms. The molecule has 0 bridgehead atoms. The molecular formula is C27H21BrClN3O7S. The highest BCUT2D eigenvalue weighted by Gasteiger charge is 2.36. The van der Waals surface area contributed by atoms with Gasteiger partial charge in [-0.05, 0) is 100 Å². The van der Waals surface area contributed by atoms with Gasteiger partial charge in [0.05, 0.1) is 25.9 Å². The predicted octanol–water partition coefficient (Wildman–Crippen LogP) is 6.66. The lowest BCUT2D eigenvalue weighted by Gasteiger charge is -2.13. The molecule has 0 atom stereocenters. The number of carbonyl (C=O) groups is 3. The summed E-state index contributed by atoms with van der Waals surface area (Å²) >= 11 is 10.5. The fourth-order valence-corrected chi connectivity index (χ4v) is 5.43. The number of ether oxygens (including phenoxy) is 2. The van der Waals surface area contributed by atoms with Crippen molar-refractivity contribution in [3.05, 3.63) is 96.3 Å². The Hall–Kier alpha value is -3.87. The van der Waals surface area contributed by atoms with Gasteiger partial charge in [0, 0.05) is 17.8 Å². The topological polar surface area (TPSA) is 128 Å². The molecule has 3 aromatic carbocycles. The molecule has 1 aliphatic heterocycles. The van der Waals surface area contributed by atoms with Crippen LogP contribution in [0.1, 0.15) is 18.1 Å². The molecule has 1 aliphatic rings. The number of thioether (sulfide) groups is 1. The second kappa shape index (κ2) is 13.0. The summed E-state index contributed by atoms with van der Waals surface area (Å²) in [6.07, 6.45) is 1.51. The lowest BCUT2D eigenvalue weighted by Crippen LogP contribution is -2.36. The molecule has 3 amide bonds. The number of amides is 3. The van der Waals surface area contributed by atoms with E-state index in [1.807, 2.05) is 6.92 Å². The molecule has 3 aromatic rings. The van der Waals surface area contributed by atoms with E-state index in [0.29, 0.717) is 39.4 Å². The minimum absolute atomic E-state index is 0.0232. The van der Waals surface area contributed by atoms with Crippen LogP contribution in [0.5, 0.6) is 11.5 Å². The van der Waals surface area contributed by atoms with Gasteiger partial charge >= 0.3 is 0 Å². The fraction of sp³-hybridized carbons (Fsp3) is 0.148. The minimum atomic E-state index is -0.595. The number of carbonyl (C=O) groups excluding carboxylic acids is 3. The Morgan fingerprint density at radius 1 is 1.12 bits per heavy atom. The normalized spacial score (nSPS) is 14.0. The van der Waals surface area contributed by atoms with Crippen molar-refractivity contribution in [2.45, 2.75) is 13.5 Å². The third-order valence-electron chi connectivity index (χ3n) is 5.47. The van der Waals surface area contributed by atoms with Crippen LogP contribution in [-0.2, 0) is 16.2 Å². The van der Waals surface area contributed by atoms with Crippen LogP contribution in [0.25, 0.3) is 6.08 Å². The monoisotopic (exact) mass is 645 g/mol. The van der Waals surface area contributed by atoms with Crippen molar-refractivity contribution in [3.8, 4) is 11.5 Å². The number of nitro groups is 1. The Morgan fingerprint density at radius 3 is 2.45 bits per heavy atom. The molecule has 0 aromatic heterocycles. The number of non-ortho nitro benzene ring substituents is 1. The molecular weight excluding hydrogens is 626 g/mol. The van der Waals surface area contributed by atoms with Crippen molar-refractivity contribution in [2.75, 3.05) is 18.5 Å². The summed E-state index contributed by atoms with van der Waals surface area (Å²) in [4.78, 5) is 49.2. The third kappa shape index (κ3) is 7.20. The summed E-state index contributed by atoms with van der Waals surface area (Å²) in [5.41, 5.74) is 1.72. The third-order valence-corrected chi connectivity index (χ3v) is 7.25. The minimum Gasteiger partial charge on any atom is -0.494 e. The summed E-state index contributed by atoms with van der Waals surface area (Å²) in [6, 6.07) is 15.9. The molecule has 1 N–H and O–H groups in total. The van der Waals surface area contributed by atoms with Gasteiger partial charge in [-0.3, -0.25) is 29.4 Å². The molecule has 0 unspecified atom stereocenters. The maximum atomic E-state index is 12.9. The number of nitrogens with zero attached hydrogens (tertiary/aromatic N) is 2. The van der Waals surface area contributed by atoms with Crippen LogP contribution in [0, 0.1) is 10.1 Å². The van der Waals surface area contributed by atoms with E-state index in [4.69, 9.17) is 21.1 Å². The lowest BCUT2D eigenvalue weighted by atomic mass is 10.2. The number of nitrogens with one attached hydrogen (secondary N) is 1. The Kier molecular flexibility index (Phi) is 9.46. The van der Waals surface area contributed by atoms with E-state index in [-0.39, 0.29) is 22.2 Å². The van der Waals surface area contributed by atoms with Crippen molar-refractivity contribution in [1.29, 1.82) is 0 Å². The maximum absolute atomic E-state index is 12.9. The number of hydrogen-bond acceptors (Lipinski definition) is 8. The molecule has 0 spiro atoms. The lowest BCUT2D eigenvalue weighted by molar-refractivity contribution is -0.384.